The van der Waals surface area contributed by atoms with Crippen molar-refractivity contribution >= 4 is 23.2 Å². The highest BCUT2D eigenvalue weighted by Crippen LogP contribution is 2.19. The predicted octanol–water partition coefficient (Wildman–Crippen LogP) is 3.77. The first-order chi connectivity index (χ1) is 11.6. The minimum Gasteiger partial charge on any atom is -0.491 e. The summed E-state index contributed by atoms with van der Waals surface area (Å²) < 4.78 is 16.0. The number of hydrogen-bond donors (Lipinski definition) is 1. The molecule has 0 saturated heterocycles. The normalized spacial score (nSPS) is 11.6. The minimum absolute atomic E-state index is 0.238. The molecule has 2 aromatic rings. The summed E-state index contributed by atoms with van der Waals surface area (Å²) in [7, 11) is 1.62. The maximum atomic E-state index is 12.1. The molecule has 0 bridgehead atoms. The van der Waals surface area contributed by atoms with Crippen molar-refractivity contribution in [2.24, 2.45) is 0 Å². The molecule has 0 aliphatic rings. The Balaban J connectivity index is 1.85. The number of hydrogen-bond acceptors (Lipinski definition) is 4. The summed E-state index contributed by atoms with van der Waals surface area (Å²) in [5, 5.41) is 3.39. The molecule has 1 N–H and O–H groups in total. The second-order valence-corrected chi connectivity index (χ2v) is 5.51. The summed E-state index contributed by atoms with van der Waals surface area (Å²) in [6, 6.07) is 14.0. The monoisotopic (exact) mass is 349 g/mol. The Labute approximate surface area is 146 Å². The number of amides is 1. The van der Waals surface area contributed by atoms with Gasteiger partial charge in [-0.25, -0.2) is 0 Å². The molecule has 24 heavy (non-hydrogen) atoms. The minimum atomic E-state index is -0.638. The topological polar surface area (TPSA) is 56.8 Å². The van der Waals surface area contributed by atoms with Crippen LogP contribution in [-0.2, 0) is 9.53 Å². The third-order valence-corrected chi connectivity index (χ3v) is 3.43. The van der Waals surface area contributed by atoms with Gasteiger partial charge in [-0.2, -0.15) is 0 Å². The molecule has 0 radical (unpaired) electrons. The lowest BCUT2D eigenvalue weighted by molar-refractivity contribution is -0.122. The average Bonchev–Trinajstić information content (AvgIpc) is 2.58. The Bertz CT molecular complexity index is 643. The van der Waals surface area contributed by atoms with Gasteiger partial charge in [0.1, 0.15) is 18.1 Å². The molecule has 2 rings (SSSR count). The third-order valence-electron chi connectivity index (χ3n) is 3.17. The van der Waals surface area contributed by atoms with E-state index in [1.807, 2.05) is 0 Å². The molecule has 5 nitrogen and oxygen atoms in total. The van der Waals surface area contributed by atoms with E-state index in [2.05, 4.69) is 5.32 Å². The van der Waals surface area contributed by atoms with Gasteiger partial charge in [0.25, 0.3) is 5.91 Å². The van der Waals surface area contributed by atoms with Crippen molar-refractivity contribution < 1.29 is 19.0 Å². The van der Waals surface area contributed by atoms with Crippen molar-refractivity contribution in [3.63, 3.8) is 0 Å². The van der Waals surface area contributed by atoms with Gasteiger partial charge >= 0.3 is 0 Å². The number of anilines is 1. The predicted molar refractivity (Wildman–Crippen MR) is 94.0 cm³/mol. The fourth-order valence-electron chi connectivity index (χ4n) is 1.89. The van der Waals surface area contributed by atoms with Gasteiger partial charge in [-0.1, -0.05) is 11.6 Å². The molecule has 0 spiro atoms. The molecule has 0 aliphatic carbocycles. The van der Waals surface area contributed by atoms with Crippen molar-refractivity contribution in [1.29, 1.82) is 0 Å². The highest BCUT2D eigenvalue weighted by atomic mass is 35.5. The lowest BCUT2D eigenvalue weighted by Crippen LogP contribution is -2.30. The van der Waals surface area contributed by atoms with E-state index in [4.69, 9.17) is 25.8 Å². The molecule has 1 unspecified atom stereocenters. The van der Waals surface area contributed by atoms with Gasteiger partial charge in [0.2, 0.25) is 0 Å². The van der Waals surface area contributed by atoms with Gasteiger partial charge in [-0.15, -0.1) is 0 Å². The summed E-state index contributed by atoms with van der Waals surface area (Å²) in [6.07, 6.45) is -0.638. The largest absolute Gasteiger partial charge is 0.491 e. The van der Waals surface area contributed by atoms with E-state index < -0.39 is 6.10 Å². The van der Waals surface area contributed by atoms with Crippen molar-refractivity contribution in [2.75, 3.05) is 25.6 Å². The SMILES string of the molecule is COCCOc1ccc(OC(C)C(=O)Nc2ccc(Cl)cc2)cc1. The molecule has 0 aliphatic heterocycles. The fraction of sp³-hybridized carbons (Fsp3) is 0.278. The van der Waals surface area contributed by atoms with Crippen LogP contribution in [0.3, 0.4) is 0 Å². The maximum Gasteiger partial charge on any atom is 0.265 e. The highest BCUT2D eigenvalue weighted by molar-refractivity contribution is 6.30. The van der Waals surface area contributed by atoms with Crippen molar-refractivity contribution in [3.8, 4) is 11.5 Å². The van der Waals surface area contributed by atoms with Gasteiger partial charge in [-0.3, -0.25) is 4.79 Å². The van der Waals surface area contributed by atoms with E-state index in [-0.39, 0.29) is 5.91 Å². The second kappa shape index (κ2) is 9.15. The Kier molecular flexibility index (Phi) is 6.90. The Morgan fingerprint density at radius 3 is 2.29 bits per heavy atom. The van der Waals surface area contributed by atoms with E-state index in [1.165, 1.54) is 0 Å². The fourth-order valence-corrected chi connectivity index (χ4v) is 2.02. The zero-order chi connectivity index (χ0) is 17.4. The smallest absolute Gasteiger partial charge is 0.265 e. The van der Waals surface area contributed by atoms with Crippen LogP contribution in [0.4, 0.5) is 5.69 Å². The van der Waals surface area contributed by atoms with Crippen LogP contribution in [0.15, 0.2) is 48.5 Å². The number of methoxy groups -OCH3 is 1. The van der Waals surface area contributed by atoms with E-state index in [0.29, 0.717) is 29.7 Å². The first-order valence-corrected chi connectivity index (χ1v) is 7.91. The van der Waals surface area contributed by atoms with Crippen molar-refractivity contribution in [3.05, 3.63) is 53.6 Å². The summed E-state index contributed by atoms with van der Waals surface area (Å²) >= 11 is 5.82. The van der Waals surface area contributed by atoms with Crippen LogP contribution in [0.2, 0.25) is 5.02 Å². The molecule has 2 aromatic carbocycles. The molecule has 6 heteroatoms. The lowest BCUT2D eigenvalue weighted by atomic mass is 10.3. The van der Waals surface area contributed by atoms with Gasteiger partial charge in [0.15, 0.2) is 6.10 Å². The number of carbonyl (C=O) groups is 1. The summed E-state index contributed by atoms with van der Waals surface area (Å²) in [4.78, 5) is 12.1. The molecule has 0 saturated carbocycles. The van der Waals surface area contributed by atoms with Gasteiger partial charge in [0, 0.05) is 17.8 Å². The molecular weight excluding hydrogens is 330 g/mol. The summed E-state index contributed by atoms with van der Waals surface area (Å²) in [5.41, 5.74) is 0.668. The van der Waals surface area contributed by atoms with Gasteiger partial charge in [0.05, 0.1) is 6.61 Å². The summed E-state index contributed by atoms with van der Waals surface area (Å²) in [5.74, 6) is 1.07. The van der Waals surface area contributed by atoms with Gasteiger partial charge < -0.3 is 19.5 Å². The standard InChI is InChI=1S/C18H20ClNO4/c1-13(18(21)20-15-5-3-14(19)4-6-15)24-17-9-7-16(8-10-17)23-12-11-22-2/h3-10,13H,11-12H2,1-2H3,(H,20,21). The van der Waals surface area contributed by atoms with Crippen LogP contribution in [0.1, 0.15) is 6.92 Å². The average molecular weight is 350 g/mol. The Morgan fingerprint density at radius 1 is 1.04 bits per heavy atom. The van der Waals surface area contributed by atoms with Gasteiger partial charge in [-0.05, 0) is 55.5 Å². The zero-order valence-electron chi connectivity index (χ0n) is 13.6. The van der Waals surface area contributed by atoms with E-state index in [1.54, 1.807) is 62.6 Å². The molecule has 0 aromatic heterocycles. The van der Waals surface area contributed by atoms with E-state index in [9.17, 15) is 4.79 Å². The highest BCUT2D eigenvalue weighted by Gasteiger charge is 2.14. The van der Waals surface area contributed by atoms with Crippen LogP contribution < -0.4 is 14.8 Å². The second-order valence-electron chi connectivity index (χ2n) is 5.07. The molecule has 1 amide bonds. The van der Waals surface area contributed by atoms with E-state index >= 15 is 0 Å². The summed E-state index contributed by atoms with van der Waals surface area (Å²) in [6.45, 7) is 2.70. The Hall–Kier alpha value is -2.24. The van der Waals surface area contributed by atoms with Crippen LogP contribution in [0.25, 0.3) is 0 Å². The molecule has 1 atom stereocenters. The van der Waals surface area contributed by atoms with Crippen LogP contribution >= 0.6 is 11.6 Å². The van der Waals surface area contributed by atoms with Crippen molar-refractivity contribution in [1.82, 2.24) is 0 Å². The quantitative estimate of drug-likeness (QED) is 0.737. The zero-order valence-corrected chi connectivity index (χ0v) is 14.4. The van der Waals surface area contributed by atoms with Crippen LogP contribution in [-0.4, -0.2) is 32.3 Å². The first-order valence-electron chi connectivity index (χ1n) is 7.53. The number of benzene rings is 2. The number of halogens is 1. The third kappa shape index (κ3) is 5.76. The molecule has 0 fully saturated rings. The van der Waals surface area contributed by atoms with Crippen LogP contribution in [0, 0.1) is 0 Å². The number of nitrogens with one attached hydrogen (secondary N) is 1. The molecule has 128 valence electrons. The lowest BCUT2D eigenvalue weighted by Gasteiger charge is -2.15. The number of rotatable bonds is 8. The first kappa shape index (κ1) is 18.1. The maximum absolute atomic E-state index is 12.1. The molecule has 0 heterocycles. The Morgan fingerprint density at radius 2 is 1.67 bits per heavy atom. The van der Waals surface area contributed by atoms with Crippen molar-refractivity contribution in [2.45, 2.75) is 13.0 Å². The number of ether oxygens (including phenoxy) is 3. The van der Waals surface area contributed by atoms with E-state index in [0.717, 1.165) is 5.75 Å². The molecular formula is C18H20ClNO4. The van der Waals surface area contributed by atoms with Crippen LogP contribution in [0.5, 0.6) is 11.5 Å². The number of carbonyl (C=O) groups excluding carboxylic acids is 1.